The molecule has 10 heteroatoms. The Morgan fingerprint density at radius 1 is 1.29 bits per heavy atom. The van der Waals surface area contributed by atoms with Crippen molar-refractivity contribution in [3.8, 4) is 11.4 Å². The molecule has 0 radical (unpaired) electrons. The van der Waals surface area contributed by atoms with Gasteiger partial charge in [0.2, 0.25) is 11.7 Å². The van der Waals surface area contributed by atoms with Gasteiger partial charge in [0.25, 0.3) is 5.56 Å². The lowest BCUT2D eigenvalue weighted by Gasteiger charge is -2.05. The maximum atomic E-state index is 12.3. The van der Waals surface area contributed by atoms with E-state index in [1.807, 2.05) is 0 Å². The van der Waals surface area contributed by atoms with Gasteiger partial charge < -0.3 is 9.51 Å². The number of hydrogen-bond acceptors (Lipinski definition) is 5. The molecule has 3 heterocycles. The Balaban J connectivity index is 1.76. The van der Waals surface area contributed by atoms with Gasteiger partial charge >= 0.3 is 6.18 Å². The lowest BCUT2D eigenvalue weighted by molar-refractivity contribution is -0.142. The molecule has 0 unspecified atom stereocenters. The van der Waals surface area contributed by atoms with Crippen LogP contribution >= 0.6 is 0 Å². The normalized spacial score (nSPS) is 11.8. The van der Waals surface area contributed by atoms with Crippen LogP contribution in [0.25, 0.3) is 11.4 Å². The van der Waals surface area contributed by atoms with Crippen molar-refractivity contribution in [2.75, 3.05) is 0 Å². The Kier molecular flexibility index (Phi) is 3.96. The number of pyridine rings is 1. The van der Waals surface area contributed by atoms with Gasteiger partial charge in [-0.15, -0.1) is 0 Å². The van der Waals surface area contributed by atoms with E-state index in [1.54, 1.807) is 19.1 Å². The van der Waals surface area contributed by atoms with Crippen LogP contribution < -0.4 is 5.56 Å². The van der Waals surface area contributed by atoms with E-state index in [4.69, 9.17) is 4.52 Å². The lowest BCUT2D eigenvalue weighted by Crippen LogP contribution is -2.18. The maximum absolute atomic E-state index is 12.3. The first-order valence-corrected chi connectivity index (χ1v) is 6.92. The van der Waals surface area contributed by atoms with Crippen molar-refractivity contribution in [3.05, 3.63) is 52.0 Å². The van der Waals surface area contributed by atoms with Gasteiger partial charge in [0.05, 0.1) is 17.7 Å². The molecular weight excluding hydrogens is 327 g/mol. The van der Waals surface area contributed by atoms with E-state index < -0.39 is 12.7 Å². The van der Waals surface area contributed by atoms with E-state index >= 15 is 0 Å². The van der Waals surface area contributed by atoms with Crippen LogP contribution in [0.3, 0.4) is 0 Å². The number of aromatic amines is 1. The van der Waals surface area contributed by atoms with Gasteiger partial charge in [-0.3, -0.25) is 9.48 Å². The number of halogens is 3. The average molecular weight is 339 g/mol. The van der Waals surface area contributed by atoms with Crippen LogP contribution in [0.2, 0.25) is 0 Å². The summed E-state index contributed by atoms with van der Waals surface area (Å²) in [6.45, 7) is 0.574. The predicted octanol–water partition coefficient (Wildman–Crippen LogP) is 2.08. The van der Waals surface area contributed by atoms with Crippen molar-refractivity contribution >= 4 is 0 Å². The van der Waals surface area contributed by atoms with Crippen molar-refractivity contribution in [1.29, 1.82) is 0 Å². The third-order valence-electron chi connectivity index (χ3n) is 3.13. The molecule has 0 amide bonds. The van der Waals surface area contributed by atoms with Crippen molar-refractivity contribution in [1.82, 2.24) is 24.9 Å². The summed E-state index contributed by atoms with van der Waals surface area (Å²) in [4.78, 5) is 18.5. The molecule has 0 spiro atoms. The molecule has 0 aliphatic carbocycles. The number of aryl methyl sites for hydroxylation is 1. The standard InChI is InChI=1S/C14H12F3N5O2/c1-8-2-3-10(13(23)18-8)12-19-11(24-21-12)6-9-4-5-22(20-9)7-14(15,16)17/h2-5H,6-7H2,1H3,(H,18,23). The maximum Gasteiger partial charge on any atom is 0.408 e. The molecule has 126 valence electrons. The summed E-state index contributed by atoms with van der Waals surface area (Å²) in [6.07, 6.45) is -3.04. The van der Waals surface area contributed by atoms with E-state index in [-0.39, 0.29) is 29.3 Å². The molecule has 7 nitrogen and oxygen atoms in total. The molecule has 24 heavy (non-hydrogen) atoms. The zero-order valence-corrected chi connectivity index (χ0v) is 12.5. The highest BCUT2D eigenvalue weighted by Gasteiger charge is 2.28. The molecule has 0 fully saturated rings. The molecule has 0 bridgehead atoms. The van der Waals surface area contributed by atoms with E-state index in [9.17, 15) is 18.0 Å². The third kappa shape index (κ3) is 3.70. The van der Waals surface area contributed by atoms with E-state index in [2.05, 4.69) is 20.2 Å². The molecule has 3 aromatic rings. The minimum absolute atomic E-state index is 0.0711. The smallest absolute Gasteiger partial charge is 0.339 e. The van der Waals surface area contributed by atoms with Crippen LogP contribution in [0.15, 0.2) is 33.7 Å². The first-order chi connectivity index (χ1) is 11.3. The summed E-state index contributed by atoms with van der Waals surface area (Å²) in [5.41, 5.74) is 0.949. The second-order valence-corrected chi connectivity index (χ2v) is 5.19. The van der Waals surface area contributed by atoms with Crippen molar-refractivity contribution in [2.24, 2.45) is 0 Å². The zero-order chi connectivity index (χ0) is 17.3. The SMILES string of the molecule is Cc1ccc(-c2noc(Cc3ccn(CC(F)(F)F)n3)n2)c(=O)[nH]1. The Hall–Kier alpha value is -2.91. The fourth-order valence-electron chi connectivity index (χ4n) is 2.11. The summed E-state index contributed by atoms with van der Waals surface area (Å²) in [5, 5.41) is 7.52. The van der Waals surface area contributed by atoms with Crippen molar-refractivity contribution < 1.29 is 17.7 Å². The summed E-state index contributed by atoms with van der Waals surface area (Å²) in [7, 11) is 0. The number of alkyl halides is 3. The first kappa shape index (κ1) is 16.0. The minimum atomic E-state index is -4.34. The minimum Gasteiger partial charge on any atom is -0.339 e. The largest absolute Gasteiger partial charge is 0.408 e. The van der Waals surface area contributed by atoms with E-state index in [1.165, 1.54) is 12.3 Å². The van der Waals surface area contributed by atoms with E-state index in [0.29, 0.717) is 11.4 Å². The number of nitrogens with one attached hydrogen (secondary N) is 1. The molecule has 0 saturated carbocycles. The summed E-state index contributed by atoms with van der Waals surface area (Å²) < 4.78 is 42.7. The van der Waals surface area contributed by atoms with Crippen LogP contribution in [0.5, 0.6) is 0 Å². The summed E-state index contributed by atoms with van der Waals surface area (Å²) >= 11 is 0. The predicted molar refractivity (Wildman–Crippen MR) is 76.2 cm³/mol. The molecule has 3 aromatic heterocycles. The number of hydrogen-bond donors (Lipinski definition) is 1. The Morgan fingerprint density at radius 2 is 2.08 bits per heavy atom. The van der Waals surface area contributed by atoms with Crippen molar-refractivity contribution in [3.63, 3.8) is 0 Å². The van der Waals surface area contributed by atoms with Crippen molar-refractivity contribution in [2.45, 2.75) is 26.1 Å². The number of rotatable bonds is 4. The molecule has 0 aliphatic rings. The number of aromatic nitrogens is 5. The summed E-state index contributed by atoms with van der Waals surface area (Å²) in [6, 6.07) is 4.71. The van der Waals surface area contributed by atoms with Gasteiger partial charge in [-0.2, -0.15) is 23.3 Å². The van der Waals surface area contributed by atoms with E-state index in [0.717, 1.165) is 4.68 Å². The highest BCUT2D eigenvalue weighted by Crippen LogP contribution is 2.18. The Morgan fingerprint density at radius 3 is 2.79 bits per heavy atom. The number of H-pyrrole nitrogens is 1. The van der Waals surface area contributed by atoms with Gasteiger partial charge in [0, 0.05) is 11.9 Å². The second-order valence-electron chi connectivity index (χ2n) is 5.19. The monoisotopic (exact) mass is 339 g/mol. The van der Waals surface area contributed by atoms with Crippen LogP contribution in [-0.4, -0.2) is 31.1 Å². The van der Waals surface area contributed by atoms with Gasteiger partial charge in [0.1, 0.15) is 6.54 Å². The highest BCUT2D eigenvalue weighted by molar-refractivity contribution is 5.52. The van der Waals surface area contributed by atoms with Gasteiger partial charge in [-0.05, 0) is 25.1 Å². The topological polar surface area (TPSA) is 89.6 Å². The number of nitrogens with zero attached hydrogens (tertiary/aromatic N) is 4. The van der Waals surface area contributed by atoms with Crippen LogP contribution in [0, 0.1) is 6.92 Å². The Labute approximate surface area is 133 Å². The zero-order valence-electron chi connectivity index (χ0n) is 12.5. The van der Waals surface area contributed by atoms with Crippen LogP contribution in [0.4, 0.5) is 13.2 Å². The fraction of sp³-hybridized carbons (Fsp3) is 0.286. The van der Waals surface area contributed by atoms with Crippen LogP contribution in [-0.2, 0) is 13.0 Å². The molecule has 0 aliphatic heterocycles. The van der Waals surface area contributed by atoms with Gasteiger partial charge in [-0.25, -0.2) is 0 Å². The average Bonchev–Trinajstić information content (AvgIpc) is 3.07. The Bertz CT molecular complexity index is 910. The highest BCUT2D eigenvalue weighted by atomic mass is 19.4. The molecule has 3 rings (SSSR count). The summed E-state index contributed by atoms with van der Waals surface area (Å²) in [5.74, 6) is 0.267. The third-order valence-corrected chi connectivity index (χ3v) is 3.13. The van der Waals surface area contributed by atoms with Gasteiger partial charge in [-0.1, -0.05) is 5.16 Å². The molecule has 0 saturated heterocycles. The lowest BCUT2D eigenvalue weighted by atomic mass is 10.2. The molecule has 0 aromatic carbocycles. The molecular formula is C14H12F3N5O2. The van der Waals surface area contributed by atoms with Crippen LogP contribution in [0.1, 0.15) is 17.3 Å². The fourth-order valence-corrected chi connectivity index (χ4v) is 2.11. The molecule has 1 N–H and O–H groups in total. The second kappa shape index (κ2) is 5.95. The first-order valence-electron chi connectivity index (χ1n) is 6.92. The van der Waals surface area contributed by atoms with Gasteiger partial charge in [0.15, 0.2) is 0 Å². The molecule has 0 atom stereocenters. The quantitative estimate of drug-likeness (QED) is 0.786.